The van der Waals surface area contributed by atoms with Crippen LogP contribution in [-0.2, 0) is 9.59 Å². The van der Waals surface area contributed by atoms with E-state index in [4.69, 9.17) is 0 Å². The van der Waals surface area contributed by atoms with Crippen molar-refractivity contribution in [3.63, 3.8) is 0 Å². The Morgan fingerprint density at radius 1 is 1.12 bits per heavy atom. The van der Waals surface area contributed by atoms with Crippen molar-refractivity contribution in [3.05, 3.63) is 5.32 Å². The summed E-state index contributed by atoms with van der Waals surface area (Å²) < 4.78 is 0. The van der Waals surface area contributed by atoms with Crippen LogP contribution in [0.2, 0.25) is 0 Å². The van der Waals surface area contributed by atoms with Crippen LogP contribution in [0.3, 0.4) is 0 Å². The number of rotatable bonds is 0. The van der Waals surface area contributed by atoms with Crippen molar-refractivity contribution < 1.29 is 39.1 Å². The molecular formula is C4H6NNaO2. The van der Waals surface area contributed by atoms with Crippen molar-refractivity contribution >= 4 is 11.8 Å². The minimum atomic E-state index is -0.437. The van der Waals surface area contributed by atoms with E-state index in [9.17, 15) is 9.59 Å². The molecule has 8 heavy (non-hydrogen) atoms. The van der Waals surface area contributed by atoms with Gasteiger partial charge in [0.05, 0.1) is 11.8 Å². The molecule has 0 heterocycles. The normalized spacial score (nSPS) is 6.75. The molecule has 0 aliphatic rings. The Kier molecular flexibility index (Phi) is 7.26. The number of hydrogen-bond acceptors (Lipinski definition) is 2. The average molecular weight is 123 g/mol. The average Bonchev–Trinajstić information content (AvgIpc) is 1.27. The van der Waals surface area contributed by atoms with Crippen molar-refractivity contribution in [1.29, 1.82) is 0 Å². The van der Waals surface area contributed by atoms with E-state index in [1.165, 1.54) is 13.8 Å². The molecule has 3 nitrogen and oxygen atoms in total. The third-order valence-electron chi connectivity index (χ3n) is 0.315. The molecule has 0 atom stereocenters. The first-order valence-corrected chi connectivity index (χ1v) is 1.86. The predicted molar refractivity (Wildman–Crippen MR) is 24.7 cm³/mol. The monoisotopic (exact) mass is 123 g/mol. The van der Waals surface area contributed by atoms with Crippen molar-refractivity contribution in [2.75, 3.05) is 0 Å². The summed E-state index contributed by atoms with van der Waals surface area (Å²) in [5.74, 6) is -0.875. The van der Waals surface area contributed by atoms with Crippen LogP contribution in [-0.4, -0.2) is 11.8 Å². The van der Waals surface area contributed by atoms with E-state index in [0.29, 0.717) is 0 Å². The summed E-state index contributed by atoms with van der Waals surface area (Å²) in [4.78, 5) is 19.7. The topological polar surface area (TPSA) is 48.2 Å². The van der Waals surface area contributed by atoms with Gasteiger partial charge in [0.15, 0.2) is 0 Å². The van der Waals surface area contributed by atoms with Gasteiger partial charge in [0.25, 0.3) is 0 Å². The van der Waals surface area contributed by atoms with Crippen LogP contribution in [0.25, 0.3) is 5.32 Å². The van der Waals surface area contributed by atoms with Gasteiger partial charge < -0.3 is 14.9 Å². The van der Waals surface area contributed by atoms with Crippen molar-refractivity contribution in [1.82, 2.24) is 0 Å². The Bertz CT molecular complexity index is 90.2. The minimum Gasteiger partial charge on any atom is -0.596 e. The Morgan fingerprint density at radius 3 is 1.38 bits per heavy atom. The van der Waals surface area contributed by atoms with Crippen LogP contribution in [0.5, 0.6) is 0 Å². The molecule has 0 radical (unpaired) electrons. The van der Waals surface area contributed by atoms with Crippen molar-refractivity contribution in [2.24, 2.45) is 0 Å². The maximum absolute atomic E-state index is 9.87. The number of imide groups is 1. The standard InChI is InChI=1S/C4H7NO2.Na/c1-3(6)5-4(2)7;/h1-2H3,(H,5,6,7);/q;+1/p-1. The van der Waals surface area contributed by atoms with E-state index < -0.39 is 11.8 Å². The third-order valence-corrected chi connectivity index (χ3v) is 0.315. The fourth-order valence-electron chi connectivity index (χ4n) is 0.222. The molecule has 0 N–H and O–H groups in total. The first-order chi connectivity index (χ1) is 3.13. The van der Waals surface area contributed by atoms with Gasteiger partial charge in [0, 0.05) is 0 Å². The van der Waals surface area contributed by atoms with Gasteiger partial charge in [-0.1, -0.05) is 0 Å². The summed E-state index contributed by atoms with van der Waals surface area (Å²) in [5.41, 5.74) is 0. The molecule has 0 fully saturated rings. The van der Waals surface area contributed by atoms with Gasteiger partial charge in [0.1, 0.15) is 0 Å². The molecule has 0 unspecified atom stereocenters. The zero-order valence-electron chi connectivity index (χ0n) is 5.26. The summed E-state index contributed by atoms with van der Waals surface area (Å²) in [6.45, 7) is 2.47. The molecule has 0 spiro atoms. The van der Waals surface area contributed by atoms with Crippen LogP contribution in [0.4, 0.5) is 0 Å². The number of hydrogen-bond donors (Lipinski definition) is 0. The minimum absolute atomic E-state index is 0. The van der Waals surface area contributed by atoms with E-state index in [2.05, 4.69) is 5.32 Å². The second kappa shape index (κ2) is 5.28. The van der Waals surface area contributed by atoms with Crippen molar-refractivity contribution in [3.8, 4) is 0 Å². The Hall–Kier alpha value is 0.140. The Labute approximate surface area is 70.1 Å². The molecule has 0 saturated carbocycles. The Balaban J connectivity index is 0. The van der Waals surface area contributed by atoms with Gasteiger partial charge in [-0.3, -0.25) is 0 Å². The number of carbonyl (C=O) groups excluding carboxylic acids is 2. The summed E-state index contributed by atoms with van der Waals surface area (Å²) >= 11 is 0. The molecule has 40 valence electrons. The molecule has 4 heteroatoms. The van der Waals surface area contributed by atoms with Crippen LogP contribution >= 0.6 is 0 Å². The molecule has 0 aromatic rings. The van der Waals surface area contributed by atoms with E-state index in [0.717, 1.165) is 0 Å². The first-order valence-electron chi connectivity index (χ1n) is 1.86. The van der Waals surface area contributed by atoms with Gasteiger partial charge >= 0.3 is 29.6 Å². The van der Waals surface area contributed by atoms with Gasteiger partial charge in [-0.05, 0) is 13.8 Å². The zero-order valence-corrected chi connectivity index (χ0v) is 7.26. The molecule has 0 aliphatic heterocycles. The zero-order chi connectivity index (χ0) is 5.86. The fourth-order valence-corrected chi connectivity index (χ4v) is 0.222. The molecule has 0 rings (SSSR count). The molecular weight excluding hydrogens is 117 g/mol. The largest absolute Gasteiger partial charge is 1.00 e. The molecule has 0 saturated heterocycles. The first kappa shape index (κ1) is 11.0. The number of nitrogens with zero attached hydrogens (tertiary/aromatic N) is 1. The van der Waals surface area contributed by atoms with Crippen LogP contribution in [0.15, 0.2) is 0 Å². The van der Waals surface area contributed by atoms with E-state index in [-0.39, 0.29) is 29.6 Å². The van der Waals surface area contributed by atoms with E-state index in [1.807, 2.05) is 0 Å². The van der Waals surface area contributed by atoms with Gasteiger partial charge in [0.2, 0.25) is 0 Å². The molecule has 0 aliphatic carbocycles. The number of carbonyl (C=O) groups is 2. The third kappa shape index (κ3) is 9.46. The fraction of sp³-hybridized carbons (Fsp3) is 0.500. The summed E-state index contributed by atoms with van der Waals surface area (Å²) in [5, 5.41) is 3.00. The SMILES string of the molecule is CC(=O)[N-]C(C)=O.[Na+]. The second-order valence-electron chi connectivity index (χ2n) is 1.15. The smallest absolute Gasteiger partial charge is 0.596 e. The quantitative estimate of drug-likeness (QED) is 0.333. The number of amides is 2. The Morgan fingerprint density at radius 2 is 1.38 bits per heavy atom. The maximum atomic E-state index is 9.87. The molecule has 2 amide bonds. The van der Waals surface area contributed by atoms with Gasteiger partial charge in [-0.2, -0.15) is 0 Å². The van der Waals surface area contributed by atoms with Gasteiger partial charge in [-0.25, -0.2) is 0 Å². The van der Waals surface area contributed by atoms with Crippen molar-refractivity contribution in [2.45, 2.75) is 13.8 Å². The molecule has 0 aromatic heterocycles. The summed E-state index contributed by atoms with van der Waals surface area (Å²) in [6, 6.07) is 0. The van der Waals surface area contributed by atoms with E-state index >= 15 is 0 Å². The van der Waals surface area contributed by atoms with Crippen LogP contribution < -0.4 is 29.6 Å². The second-order valence-corrected chi connectivity index (χ2v) is 1.15. The van der Waals surface area contributed by atoms with Crippen LogP contribution in [0.1, 0.15) is 13.8 Å². The summed E-state index contributed by atoms with van der Waals surface area (Å²) in [7, 11) is 0. The van der Waals surface area contributed by atoms with Gasteiger partial charge in [-0.15, -0.1) is 0 Å². The molecule has 0 bridgehead atoms. The summed E-state index contributed by atoms with van der Waals surface area (Å²) in [6.07, 6.45) is 0. The predicted octanol–water partition coefficient (Wildman–Crippen LogP) is -2.54. The van der Waals surface area contributed by atoms with Crippen LogP contribution in [0, 0.1) is 0 Å². The molecule has 0 aromatic carbocycles. The maximum Gasteiger partial charge on any atom is 1.00 e. The van der Waals surface area contributed by atoms with E-state index in [1.54, 1.807) is 0 Å².